The van der Waals surface area contributed by atoms with Crippen LogP contribution < -0.4 is 9.47 Å². The lowest BCUT2D eigenvalue weighted by atomic mass is 10.0. The molecule has 0 fully saturated rings. The van der Waals surface area contributed by atoms with Crippen molar-refractivity contribution < 1.29 is 19.1 Å². The summed E-state index contributed by atoms with van der Waals surface area (Å²) in [5.74, 6) is 0.389. The van der Waals surface area contributed by atoms with E-state index in [4.69, 9.17) is 9.47 Å². The highest BCUT2D eigenvalue weighted by molar-refractivity contribution is 5.76. The molecule has 1 rings (SSSR count). The lowest BCUT2D eigenvalue weighted by Crippen LogP contribution is -2.13. The Morgan fingerprint density at radius 3 is 1.49 bits per heavy atom. The molecular weight excluding hydrogens is 460 g/mol. The normalized spacial score (nSPS) is 11.0. The highest BCUT2D eigenvalue weighted by Gasteiger charge is 2.18. The fourth-order valence-electron chi connectivity index (χ4n) is 4.66. The van der Waals surface area contributed by atoms with Crippen LogP contribution in [0.15, 0.2) is 18.2 Å². The Hall–Kier alpha value is -1.84. The molecule has 0 radical (unpaired) electrons. The van der Waals surface area contributed by atoms with Crippen LogP contribution in [0.25, 0.3) is 0 Å². The van der Waals surface area contributed by atoms with E-state index < -0.39 is 0 Å². The summed E-state index contributed by atoms with van der Waals surface area (Å²) in [7, 11) is 0. The Morgan fingerprint density at radius 2 is 0.973 bits per heavy atom. The van der Waals surface area contributed by atoms with Crippen LogP contribution in [0.3, 0.4) is 0 Å². The summed E-state index contributed by atoms with van der Waals surface area (Å²) in [6.45, 7) is 6.66. The molecule has 0 amide bonds. The average molecular weight is 517 g/mol. The Balaban J connectivity index is 2.64. The molecule has 37 heavy (non-hydrogen) atoms. The zero-order valence-corrected chi connectivity index (χ0v) is 24.4. The van der Waals surface area contributed by atoms with E-state index in [9.17, 15) is 9.59 Å². The van der Waals surface area contributed by atoms with Crippen LogP contribution in [0.5, 0.6) is 11.5 Å². The first-order chi connectivity index (χ1) is 18.1. The van der Waals surface area contributed by atoms with E-state index in [0.29, 0.717) is 24.3 Å². The number of hydrogen-bond acceptors (Lipinski definition) is 4. The van der Waals surface area contributed by atoms with Gasteiger partial charge in [-0.25, -0.2) is 0 Å². The summed E-state index contributed by atoms with van der Waals surface area (Å²) >= 11 is 0. The summed E-state index contributed by atoms with van der Waals surface area (Å²) in [5.41, 5.74) is 0.964. The van der Waals surface area contributed by atoms with Crippen LogP contribution in [0.4, 0.5) is 0 Å². The van der Waals surface area contributed by atoms with Gasteiger partial charge < -0.3 is 9.47 Å². The van der Waals surface area contributed by atoms with Crippen LogP contribution in [-0.2, 0) is 16.0 Å². The standard InChI is InChI=1S/C33H56O4/c1-4-7-10-13-15-18-21-27-31(34)36-30-26-23-25-29(24-20-17-12-9-6-3)33(30)37-32(35)28-22-19-16-14-11-8-5-2/h23,25-26H,4-22,24,27-28H2,1-3H3. The minimum atomic E-state index is -0.238. The van der Waals surface area contributed by atoms with Crippen LogP contribution in [-0.4, -0.2) is 11.9 Å². The van der Waals surface area contributed by atoms with Gasteiger partial charge in [0.1, 0.15) is 0 Å². The third kappa shape index (κ3) is 17.3. The molecule has 0 heterocycles. The molecule has 0 aromatic heterocycles. The summed E-state index contributed by atoms with van der Waals surface area (Å²) in [4.78, 5) is 25.3. The summed E-state index contributed by atoms with van der Waals surface area (Å²) in [5, 5.41) is 0. The third-order valence-corrected chi connectivity index (χ3v) is 7.02. The molecule has 1 aromatic rings. The first-order valence-electron chi connectivity index (χ1n) is 15.7. The molecule has 4 heteroatoms. The van der Waals surface area contributed by atoms with Gasteiger partial charge >= 0.3 is 11.9 Å². The predicted octanol–water partition coefficient (Wildman–Crippen LogP) is 10.3. The largest absolute Gasteiger partial charge is 0.423 e. The van der Waals surface area contributed by atoms with Gasteiger partial charge in [-0.1, -0.05) is 136 Å². The molecule has 0 saturated heterocycles. The maximum absolute atomic E-state index is 12.7. The van der Waals surface area contributed by atoms with Gasteiger partial charge in [0.05, 0.1) is 0 Å². The van der Waals surface area contributed by atoms with Crippen molar-refractivity contribution in [2.45, 2.75) is 162 Å². The molecule has 0 aliphatic heterocycles. The number of hydrogen-bond donors (Lipinski definition) is 0. The van der Waals surface area contributed by atoms with E-state index in [1.54, 1.807) is 6.07 Å². The molecular formula is C33H56O4. The summed E-state index contributed by atoms with van der Waals surface area (Å²) in [6, 6.07) is 5.68. The van der Waals surface area contributed by atoms with Crippen molar-refractivity contribution in [3.63, 3.8) is 0 Å². The summed E-state index contributed by atoms with van der Waals surface area (Å²) in [6.07, 6.45) is 23.7. The monoisotopic (exact) mass is 516 g/mol. The maximum atomic E-state index is 12.7. The number of unbranched alkanes of at least 4 members (excludes halogenated alkanes) is 16. The molecule has 0 aliphatic carbocycles. The van der Waals surface area contributed by atoms with Gasteiger partial charge in [-0.05, 0) is 37.3 Å². The zero-order chi connectivity index (χ0) is 27.0. The van der Waals surface area contributed by atoms with Gasteiger partial charge in [-0.15, -0.1) is 0 Å². The number of carbonyl (C=O) groups is 2. The zero-order valence-electron chi connectivity index (χ0n) is 24.4. The SMILES string of the molecule is CCCCCCCCCC(=O)Oc1cccc(CCCCCCC)c1OC(=O)CCCCCCCCC. The van der Waals surface area contributed by atoms with Gasteiger partial charge in [0.25, 0.3) is 0 Å². The van der Waals surface area contributed by atoms with E-state index in [-0.39, 0.29) is 11.9 Å². The Morgan fingerprint density at radius 1 is 0.541 bits per heavy atom. The van der Waals surface area contributed by atoms with Crippen LogP contribution >= 0.6 is 0 Å². The second-order valence-electron chi connectivity index (χ2n) is 10.6. The molecule has 0 unspecified atom stereocenters. The van der Waals surface area contributed by atoms with E-state index in [1.807, 2.05) is 12.1 Å². The van der Waals surface area contributed by atoms with Crippen molar-refractivity contribution in [1.82, 2.24) is 0 Å². The molecule has 1 aromatic carbocycles. The average Bonchev–Trinajstić information content (AvgIpc) is 2.89. The minimum Gasteiger partial charge on any atom is -0.423 e. The van der Waals surface area contributed by atoms with Gasteiger partial charge in [0.2, 0.25) is 0 Å². The van der Waals surface area contributed by atoms with Crippen LogP contribution in [0.2, 0.25) is 0 Å². The molecule has 0 atom stereocenters. The number of aryl methyl sites for hydroxylation is 1. The molecule has 0 spiro atoms. The fraction of sp³-hybridized carbons (Fsp3) is 0.758. The topological polar surface area (TPSA) is 52.6 Å². The molecule has 0 saturated carbocycles. The Labute approximate surface area is 228 Å². The number of ether oxygens (including phenoxy) is 2. The second-order valence-corrected chi connectivity index (χ2v) is 10.6. The molecule has 212 valence electrons. The van der Waals surface area contributed by atoms with Gasteiger partial charge in [0.15, 0.2) is 11.5 Å². The Kier molecular flexibility index (Phi) is 20.9. The van der Waals surface area contributed by atoms with Crippen LogP contribution in [0.1, 0.15) is 161 Å². The number of esters is 2. The number of benzene rings is 1. The first kappa shape index (κ1) is 33.2. The minimum absolute atomic E-state index is 0.226. The highest BCUT2D eigenvalue weighted by Crippen LogP contribution is 2.33. The van der Waals surface area contributed by atoms with E-state index in [2.05, 4.69) is 20.8 Å². The van der Waals surface area contributed by atoms with Crippen molar-refractivity contribution in [2.75, 3.05) is 0 Å². The lowest BCUT2D eigenvalue weighted by molar-refractivity contribution is -0.137. The molecule has 0 aliphatic rings. The Bertz CT molecular complexity index is 712. The number of carbonyl (C=O) groups excluding carboxylic acids is 2. The van der Waals surface area contributed by atoms with Crippen molar-refractivity contribution >= 4 is 11.9 Å². The predicted molar refractivity (Wildman–Crippen MR) is 155 cm³/mol. The van der Waals surface area contributed by atoms with E-state index in [0.717, 1.165) is 50.5 Å². The quantitative estimate of drug-likeness (QED) is 0.0779. The number of para-hydroxylation sites is 1. The first-order valence-corrected chi connectivity index (χ1v) is 15.7. The van der Waals surface area contributed by atoms with Crippen molar-refractivity contribution in [3.05, 3.63) is 23.8 Å². The lowest BCUT2D eigenvalue weighted by Gasteiger charge is -2.15. The maximum Gasteiger partial charge on any atom is 0.311 e. The fourth-order valence-corrected chi connectivity index (χ4v) is 4.66. The second kappa shape index (κ2) is 23.3. The molecule has 0 bridgehead atoms. The van der Waals surface area contributed by atoms with Gasteiger partial charge in [-0.3, -0.25) is 9.59 Å². The van der Waals surface area contributed by atoms with Crippen molar-refractivity contribution in [2.24, 2.45) is 0 Å². The highest BCUT2D eigenvalue weighted by atomic mass is 16.6. The van der Waals surface area contributed by atoms with E-state index >= 15 is 0 Å². The van der Waals surface area contributed by atoms with Gasteiger partial charge in [0, 0.05) is 12.8 Å². The smallest absolute Gasteiger partial charge is 0.311 e. The molecule has 4 nitrogen and oxygen atoms in total. The third-order valence-electron chi connectivity index (χ3n) is 7.02. The summed E-state index contributed by atoms with van der Waals surface area (Å²) < 4.78 is 11.6. The number of rotatable bonds is 24. The molecule has 0 N–H and O–H groups in total. The van der Waals surface area contributed by atoms with Crippen molar-refractivity contribution in [3.8, 4) is 11.5 Å². The van der Waals surface area contributed by atoms with Crippen molar-refractivity contribution in [1.29, 1.82) is 0 Å². The van der Waals surface area contributed by atoms with Crippen LogP contribution in [0, 0.1) is 0 Å². The van der Waals surface area contributed by atoms with Gasteiger partial charge in [-0.2, -0.15) is 0 Å². The van der Waals surface area contributed by atoms with E-state index in [1.165, 1.54) is 83.5 Å².